The SMILES string of the molecule is CC(O)C(=O)ON(C(C)C)C(C)C. The molecular weight excluding hydrogens is 170 g/mol. The van der Waals surface area contributed by atoms with Crippen molar-refractivity contribution in [3.8, 4) is 0 Å². The predicted molar refractivity (Wildman–Crippen MR) is 49.9 cm³/mol. The summed E-state index contributed by atoms with van der Waals surface area (Å²) in [5.74, 6) is -0.609. The van der Waals surface area contributed by atoms with Crippen molar-refractivity contribution < 1.29 is 14.7 Å². The first-order valence-electron chi connectivity index (χ1n) is 4.54. The molecule has 0 aliphatic heterocycles. The molecule has 0 radical (unpaired) electrons. The predicted octanol–water partition coefficient (Wildman–Crippen LogP) is 0.944. The molecule has 0 saturated carbocycles. The van der Waals surface area contributed by atoms with Crippen molar-refractivity contribution >= 4 is 5.97 Å². The van der Waals surface area contributed by atoms with E-state index in [1.165, 1.54) is 6.92 Å². The van der Waals surface area contributed by atoms with Gasteiger partial charge in [-0.1, -0.05) is 0 Å². The molecule has 4 heteroatoms. The average molecular weight is 189 g/mol. The van der Waals surface area contributed by atoms with Crippen molar-refractivity contribution in [2.45, 2.75) is 52.8 Å². The Labute approximate surface area is 79.4 Å². The molecule has 0 heterocycles. The third kappa shape index (κ3) is 4.24. The van der Waals surface area contributed by atoms with Crippen LogP contribution in [-0.2, 0) is 9.63 Å². The number of aliphatic hydroxyl groups is 1. The van der Waals surface area contributed by atoms with Gasteiger partial charge in [0.05, 0.1) is 0 Å². The summed E-state index contributed by atoms with van der Waals surface area (Å²) < 4.78 is 0. The maximum Gasteiger partial charge on any atom is 0.353 e. The van der Waals surface area contributed by atoms with E-state index in [0.29, 0.717) is 0 Å². The van der Waals surface area contributed by atoms with Gasteiger partial charge in [0, 0.05) is 12.1 Å². The molecule has 1 atom stereocenters. The molecule has 0 amide bonds. The van der Waals surface area contributed by atoms with Crippen LogP contribution in [-0.4, -0.2) is 34.3 Å². The minimum atomic E-state index is -1.07. The number of hydrogen-bond acceptors (Lipinski definition) is 4. The highest BCUT2D eigenvalue weighted by Gasteiger charge is 2.20. The standard InChI is InChI=1S/C9H19NO3/c1-6(2)10(7(3)4)13-9(12)8(5)11/h6-8,11H,1-5H3. The molecule has 0 rings (SSSR count). The summed E-state index contributed by atoms with van der Waals surface area (Å²) in [5, 5.41) is 10.5. The zero-order chi connectivity index (χ0) is 10.6. The van der Waals surface area contributed by atoms with Gasteiger partial charge in [0.25, 0.3) is 0 Å². The lowest BCUT2D eigenvalue weighted by atomic mass is 10.3. The van der Waals surface area contributed by atoms with Crippen LogP contribution >= 0.6 is 0 Å². The molecule has 1 unspecified atom stereocenters. The van der Waals surface area contributed by atoms with Gasteiger partial charge in [0.15, 0.2) is 6.10 Å². The minimum absolute atomic E-state index is 0.114. The number of nitrogens with zero attached hydrogens (tertiary/aromatic N) is 1. The third-order valence-electron chi connectivity index (χ3n) is 1.55. The summed E-state index contributed by atoms with van der Waals surface area (Å²) in [7, 11) is 0. The van der Waals surface area contributed by atoms with Crippen LogP contribution in [0.5, 0.6) is 0 Å². The molecule has 0 saturated heterocycles. The molecule has 0 aliphatic rings. The van der Waals surface area contributed by atoms with Gasteiger partial charge < -0.3 is 9.94 Å². The normalized spacial score (nSPS) is 13.9. The van der Waals surface area contributed by atoms with E-state index in [2.05, 4.69) is 0 Å². The summed E-state index contributed by atoms with van der Waals surface area (Å²) in [6, 6.07) is 0.227. The Morgan fingerprint density at radius 2 is 1.54 bits per heavy atom. The summed E-state index contributed by atoms with van der Waals surface area (Å²) in [6.45, 7) is 9.09. The molecule has 0 aromatic heterocycles. The highest BCUT2D eigenvalue weighted by Crippen LogP contribution is 2.06. The van der Waals surface area contributed by atoms with E-state index >= 15 is 0 Å². The number of carbonyl (C=O) groups excluding carboxylic acids is 1. The number of rotatable bonds is 4. The first kappa shape index (κ1) is 12.4. The second-order valence-corrected chi connectivity index (χ2v) is 3.63. The Hall–Kier alpha value is -0.610. The van der Waals surface area contributed by atoms with Crippen LogP contribution < -0.4 is 0 Å². The van der Waals surface area contributed by atoms with E-state index < -0.39 is 12.1 Å². The molecule has 0 aromatic carbocycles. The van der Waals surface area contributed by atoms with Crippen LogP contribution in [0.3, 0.4) is 0 Å². The van der Waals surface area contributed by atoms with Gasteiger partial charge in [0.2, 0.25) is 0 Å². The fraction of sp³-hybridized carbons (Fsp3) is 0.889. The average Bonchev–Trinajstić information content (AvgIpc) is 1.97. The van der Waals surface area contributed by atoms with Gasteiger partial charge in [-0.2, -0.15) is 0 Å². The lowest BCUT2D eigenvalue weighted by Crippen LogP contribution is -2.41. The first-order chi connectivity index (χ1) is 5.86. The second kappa shape index (κ2) is 5.19. The molecule has 0 aromatic rings. The van der Waals surface area contributed by atoms with Crippen LogP contribution in [0.25, 0.3) is 0 Å². The largest absolute Gasteiger partial charge is 0.382 e. The Morgan fingerprint density at radius 1 is 1.15 bits per heavy atom. The topological polar surface area (TPSA) is 49.8 Å². The monoisotopic (exact) mass is 189 g/mol. The zero-order valence-corrected chi connectivity index (χ0v) is 8.94. The third-order valence-corrected chi connectivity index (χ3v) is 1.55. The summed E-state index contributed by atoms with van der Waals surface area (Å²) >= 11 is 0. The lowest BCUT2D eigenvalue weighted by Gasteiger charge is -2.28. The van der Waals surface area contributed by atoms with Gasteiger partial charge in [-0.15, -0.1) is 5.06 Å². The first-order valence-corrected chi connectivity index (χ1v) is 4.54. The van der Waals surface area contributed by atoms with E-state index in [9.17, 15) is 4.79 Å². The Kier molecular flexibility index (Phi) is 4.95. The summed E-state index contributed by atoms with van der Waals surface area (Å²) in [4.78, 5) is 16.0. The van der Waals surface area contributed by atoms with Crippen LogP contribution in [0.1, 0.15) is 34.6 Å². The number of carbonyl (C=O) groups is 1. The fourth-order valence-electron chi connectivity index (χ4n) is 0.987. The van der Waals surface area contributed by atoms with E-state index in [1.807, 2.05) is 27.7 Å². The number of hydroxylamine groups is 2. The van der Waals surface area contributed by atoms with Gasteiger partial charge in [-0.3, -0.25) is 0 Å². The Balaban J connectivity index is 4.19. The van der Waals surface area contributed by atoms with Gasteiger partial charge in [0.1, 0.15) is 0 Å². The maximum absolute atomic E-state index is 11.0. The zero-order valence-electron chi connectivity index (χ0n) is 8.94. The fourth-order valence-corrected chi connectivity index (χ4v) is 0.987. The minimum Gasteiger partial charge on any atom is -0.382 e. The molecule has 4 nitrogen and oxygen atoms in total. The summed E-state index contributed by atoms with van der Waals surface area (Å²) in [5.41, 5.74) is 0. The molecule has 1 N–H and O–H groups in total. The van der Waals surface area contributed by atoms with E-state index in [-0.39, 0.29) is 12.1 Å². The van der Waals surface area contributed by atoms with Crippen LogP contribution in [0, 0.1) is 0 Å². The highest BCUT2D eigenvalue weighted by molar-refractivity contribution is 5.73. The maximum atomic E-state index is 11.0. The van der Waals surface area contributed by atoms with E-state index in [4.69, 9.17) is 9.94 Å². The molecule has 0 bridgehead atoms. The van der Waals surface area contributed by atoms with Gasteiger partial charge in [-0.05, 0) is 34.6 Å². The highest BCUT2D eigenvalue weighted by atomic mass is 16.7. The molecule has 0 aliphatic carbocycles. The van der Waals surface area contributed by atoms with Crippen LogP contribution in [0.2, 0.25) is 0 Å². The Morgan fingerprint density at radius 3 is 1.77 bits per heavy atom. The van der Waals surface area contributed by atoms with Crippen molar-refractivity contribution in [3.05, 3.63) is 0 Å². The van der Waals surface area contributed by atoms with Crippen LogP contribution in [0.4, 0.5) is 0 Å². The second-order valence-electron chi connectivity index (χ2n) is 3.63. The summed E-state index contributed by atoms with van der Waals surface area (Å²) in [6.07, 6.45) is -1.07. The molecule has 0 spiro atoms. The van der Waals surface area contributed by atoms with Crippen LogP contribution in [0.15, 0.2) is 0 Å². The Bertz CT molecular complexity index is 158. The number of aliphatic hydroxyl groups excluding tert-OH is 1. The van der Waals surface area contributed by atoms with Crippen molar-refractivity contribution in [3.63, 3.8) is 0 Å². The molecule has 13 heavy (non-hydrogen) atoms. The van der Waals surface area contributed by atoms with Crippen molar-refractivity contribution in [2.75, 3.05) is 0 Å². The van der Waals surface area contributed by atoms with E-state index in [1.54, 1.807) is 5.06 Å². The van der Waals surface area contributed by atoms with Crippen molar-refractivity contribution in [2.24, 2.45) is 0 Å². The number of hydrogen-bond donors (Lipinski definition) is 1. The molecular formula is C9H19NO3. The quantitative estimate of drug-likeness (QED) is 0.669. The lowest BCUT2D eigenvalue weighted by molar-refractivity contribution is -0.216. The van der Waals surface area contributed by atoms with E-state index in [0.717, 1.165) is 0 Å². The van der Waals surface area contributed by atoms with Crippen molar-refractivity contribution in [1.82, 2.24) is 5.06 Å². The van der Waals surface area contributed by atoms with Gasteiger partial charge in [-0.25, -0.2) is 4.79 Å². The smallest absolute Gasteiger partial charge is 0.353 e. The van der Waals surface area contributed by atoms with Crippen molar-refractivity contribution in [1.29, 1.82) is 0 Å². The molecule has 78 valence electrons. The molecule has 0 fully saturated rings. The van der Waals surface area contributed by atoms with Gasteiger partial charge >= 0.3 is 5.97 Å².